The van der Waals surface area contributed by atoms with Gasteiger partial charge in [0.2, 0.25) is 0 Å². The Morgan fingerprint density at radius 2 is 0.958 bits per heavy atom. The number of Topliss-reactive ketones (excluding diaryl/α,β-unsaturated/α-hetero) is 1. The molecule has 4 aliphatic rings. The van der Waals surface area contributed by atoms with Gasteiger partial charge in [0.05, 0.1) is 16.8 Å². The fourth-order valence-corrected chi connectivity index (χ4v) is 13.0. The summed E-state index contributed by atoms with van der Waals surface area (Å²) < 4.78 is 0. The van der Waals surface area contributed by atoms with Crippen molar-refractivity contribution in [3.8, 4) is 0 Å². The maximum atomic E-state index is 13.2. The van der Waals surface area contributed by atoms with Gasteiger partial charge in [-0.05, 0) is 202 Å². The molecule has 0 spiro atoms. The van der Waals surface area contributed by atoms with Crippen molar-refractivity contribution in [2.24, 2.45) is 11.8 Å². The third-order valence-electron chi connectivity index (χ3n) is 17.0. The van der Waals surface area contributed by atoms with Crippen LogP contribution >= 0.6 is 0 Å². The van der Waals surface area contributed by atoms with E-state index < -0.39 is 17.2 Å². The molecule has 372 valence electrons. The Balaban J connectivity index is 0.000000167. The molecule has 6 aromatic rings. The maximum absolute atomic E-state index is 13.2. The number of anilines is 3. The van der Waals surface area contributed by atoms with Gasteiger partial charge in [0.15, 0.2) is 5.78 Å². The molecule has 0 aliphatic heterocycles. The third kappa shape index (κ3) is 11.8. The number of carbonyl (C=O) groups excluding carboxylic acids is 1. The number of ketones is 1. The molecule has 10 rings (SSSR count). The van der Waals surface area contributed by atoms with E-state index >= 15 is 0 Å². The fraction of sp³-hybridized carbons (Fsp3) is 0.397. The largest absolute Gasteiger partial charge is 0.478 e. The van der Waals surface area contributed by atoms with E-state index in [-0.39, 0.29) is 16.6 Å². The number of hydrogen-bond acceptors (Lipinski definition) is 7. The lowest BCUT2D eigenvalue weighted by molar-refractivity contribution is -0.0500. The summed E-state index contributed by atoms with van der Waals surface area (Å²) in [4.78, 5) is 24.7. The molecule has 6 aromatic carbocycles. The standard InChI is InChI=1S/C32H37NO2.C25H30O3.C6H8N2/c1-2-31(35)16-17-32(21-23-8-4-3-5-9-23)27(22-31)12-7-11-25-20-26(14-15-29(25)32)30(34)19-24-10-6-13-28(33)18-24;1-2-24(28)13-14-25(16-18-7-4-3-5-8-18)21(17-24)10-6-9-19-15-20(23(26)27)11-12-22(19)25;7-5-2-1-3-6(8)4-5/h3-6,8-10,13-15,18,20,27,35H,2,7,11-12,16-17,19,21-22,33H2,1H3;3-5,7-8,11-12,15,21,28H,2,6,9-10,13-14,16-17H2,1H3,(H,26,27);1-4H,7-8H2/t27-,31+,32-;21-,24+,25-;/m00./s1. The summed E-state index contributed by atoms with van der Waals surface area (Å²) in [7, 11) is 0. The van der Waals surface area contributed by atoms with Gasteiger partial charge in [-0.25, -0.2) is 4.79 Å². The number of carboxylic acids is 1. The van der Waals surface area contributed by atoms with Crippen LogP contribution in [-0.4, -0.2) is 38.3 Å². The molecule has 0 radical (unpaired) electrons. The van der Waals surface area contributed by atoms with E-state index in [9.17, 15) is 24.9 Å². The molecule has 2 saturated carbocycles. The predicted molar refractivity (Wildman–Crippen MR) is 289 cm³/mol. The van der Waals surface area contributed by atoms with Crippen LogP contribution in [0.2, 0.25) is 0 Å². The fourth-order valence-electron chi connectivity index (χ4n) is 13.0. The minimum atomic E-state index is -0.857. The van der Waals surface area contributed by atoms with E-state index in [0.717, 1.165) is 114 Å². The second-order valence-electron chi connectivity index (χ2n) is 21.4. The molecule has 0 bridgehead atoms. The van der Waals surface area contributed by atoms with E-state index in [0.29, 0.717) is 40.9 Å². The van der Waals surface area contributed by atoms with Crippen LogP contribution in [0.1, 0.15) is 151 Å². The lowest BCUT2D eigenvalue weighted by Gasteiger charge is -2.50. The molecular weight excluding hydrogens is 879 g/mol. The van der Waals surface area contributed by atoms with Gasteiger partial charge in [0, 0.05) is 39.9 Å². The highest BCUT2D eigenvalue weighted by atomic mass is 16.4. The number of aliphatic hydroxyl groups is 2. The summed E-state index contributed by atoms with van der Waals surface area (Å²) in [5, 5.41) is 31.8. The van der Waals surface area contributed by atoms with E-state index in [2.05, 4.69) is 92.7 Å². The van der Waals surface area contributed by atoms with Gasteiger partial charge in [-0.1, -0.05) is 111 Å². The predicted octanol–water partition coefficient (Wildman–Crippen LogP) is 12.4. The van der Waals surface area contributed by atoms with Crippen LogP contribution in [0.15, 0.2) is 146 Å². The average molecular weight is 954 g/mol. The van der Waals surface area contributed by atoms with Crippen LogP contribution in [0.5, 0.6) is 0 Å². The summed E-state index contributed by atoms with van der Waals surface area (Å²) >= 11 is 0. The second-order valence-corrected chi connectivity index (χ2v) is 21.4. The average Bonchev–Trinajstić information content (AvgIpc) is 3.61. The van der Waals surface area contributed by atoms with Crippen LogP contribution in [0, 0.1) is 11.8 Å². The smallest absolute Gasteiger partial charge is 0.335 e. The number of aromatic carboxylic acids is 1. The minimum Gasteiger partial charge on any atom is -0.478 e. The number of benzene rings is 6. The van der Waals surface area contributed by atoms with Crippen molar-refractivity contribution in [2.45, 2.75) is 145 Å². The lowest BCUT2D eigenvalue weighted by Crippen LogP contribution is -2.48. The lowest BCUT2D eigenvalue weighted by atomic mass is 9.55. The van der Waals surface area contributed by atoms with E-state index in [1.54, 1.807) is 24.3 Å². The molecule has 0 unspecified atom stereocenters. The van der Waals surface area contributed by atoms with Crippen molar-refractivity contribution in [3.05, 3.63) is 196 Å². The number of fused-ring (bicyclic) bond motifs is 6. The van der Waals surface area contributed by atoms with Gasteiger partial charge >= 0.3 is 5.97 Å². The second kappa shape index (κ2) is 22.0. The first kappa shape index (κ1) is 51.1. The maximum Gasteiger partial charge on any atom is 0.335 e. The van der Waals surface area contributed by atoms with Crippen molar-refractivity contribution in [1.29, 1.82) is 0 Å². The van der Waals surface area contributed by atoms with Crippen molar-refractivity contribution < 1.29 is 24.9 Å². The quantitative estimate of drug-likeness (QED) is 0.0581. The number of nitrogen functional groups attached to an aromatic ring is 3. The minimum absolute atomic E-state index is 0.00401. The Bertz CT molecular complexity index is 2760. The number of aryl methyl sites for hydroxylation is 2. The molecule has 8 heteroatoms. The van der Waals surface area contributed by atoms with Gasteiger partial charge < -0.3 is 32.5 Å². The number of carbonyl (C=O) groups is 2. The molecule has 71 heavy (non-hydrogen) atoms. The first-order valence-electron chi connectivity index (χ1n) is 26.2. The summed E-state index contributed by atoms with van der Waals surface area (Å²) in [6.07, 6.45) is 15.5. The third-order valence-corrected chi connectivity index (χ3v) is 17.0. The van der Waals surface area contributed by atoms with E-state index in [1.165, 1.54) is 33.4 Å². The Morgan fingerprint density at radius 3 is 1.39 bits per heavy atom. The van der Waals surface area contributed by atoms with Gasteiger partial charge in [-0.15, -0.1) is 0 Å². The number of hydrogen-bond donors (Lipinski definition) is 6. The molecule has 6 atom stereocenters. The molecule has 4 aliphatic carbocycles. The van der Waals surface area contributed by atoms with Crippen LogP contribution in [0.3, 0.4) is 0 Å². The van der Waals surface area contributed by atoms with Gasteiger partial charge in [0.1, 0.15) is 0 Å². The highest BCUT2D eigenvalue weighted by Crippen LogP contribution is 2.56. The van der Waals surface area contributed by atoms with Crippen molar-refractivity contribution >= 4 is 28.8 Å². The van der Waals surface area contributed by atoms with Crippen LogP contribution in [0.4, 0.5) is 17.1 Å². The summed E-state index contributed by atoms with van der Waals surface area (Å²) in [6, 6.07) is 48.4. The van der Waals surface area contributed by atoms with Crippen LogP contribution < -0.4 is 17.2 Å². The molecule has 8 nitrogen and oxygen atoms in total. The van der Waals surface area contributed by atoms with Crippen LogP contribution in [0.25, 0.3) is 0 Å². The molecule has 2 fully saturated rings. The topological polar surface area (TPSA) is 173 Å². The Labute approximate surface area is 421 Å². The molecule has 9 N–H and O–H groups in total. The molecule has 0 aromatic heterocycles. The molecular formula is C63H75N3O5. The first-order chi connectivity index (χ1) is 34.1. The van der Waals surface area contributed by atoms with Crippen molar-refractivity contribution in [1.82, 2.24) is 0 Å². The summed E-state index contributed by atoms with van der Waals surface area (Å²) in [5.74, 6) is 0.143. The van der Waals surface area contributed by atoms with Gasteiger partial charge in [-0.2, -0.15) is 0 Å². The van der Waals surface area contributed by atoms with Crippen molar-refractivity contribution in [2.75, 3.05) is 17.2 Å². The number of rotatable bonds is 10. The zero-order valence-corrected chi connectivity index (χ0v) is 41.9. The number of carboxylic acid groups (broad SMARTS) is 1. The van der Waals surface area contributed by atoms with E-state index in [4.69, 9.17) is 17.2 Å². The highest BCUT2D eigenvalue weighted by molar-refractivity contribution is 5.98. The Kier molecular flexibility index (Phi) is 15.9. The Morgan fingerprint density at radius 1 is 0.521 bits per heavy atom. The van der Waals surface area contributed by atoms with Crippen LogP contribution in [-0.2, 0) is 42.9 Å². The highest BCUT2D eigenvalue weighted by Gasteiger charge is 2.51. The Hall–Kier alpha value is -6.22. The zero-order chi connectivity index (χ0) is 50.2. The van der Waals surface area contributed by atoms with Gasteiger partial charge in [0.25, 0.3) is 0 Å². The van der Waals surface area contributed by atoms with Gasteiger partial charge in [-0.3, -0.25) is 4.79 Å². The first-order valence-corrected chi connectivity index (χ1v) is 26.2. The molecule has 0 saturated heterocycles. The number of nitrogens with two attached hydrogens (primary N) is 3. The van der Waals surface area contributed by atoms with E-state index in [1.807, 2.05) is 42.5 Å². The summed E-state index contributed by atoms with van der Waals surface area (Å²) in [5.41, 5.74) is 27.7. The molecule has 0 heterocycles. The SMILES string of the molecule is CC[C@@]1(O)CC[C@@]2(Cc3ccccc3)c3ccc(C(=O)Cc4cccc(N)c4)cc3CCC[C@H]2C1.CC[C@@]1(O)CC[C@@]2(Cc3ccccc3)c3ccc(C(=O)O)cc3CCC[C@H]2C1.Nc1cccc(N)c1. The summed E-state index contributed by atoms with van der Waals surface area (Å²) in [6.45, 7) is 4.21. The molecule has 0 amide bonds. The normalized spacial score (nSPS) is 25.4. The zero-order valence-electron chi connectivity index (χ0n) is 41.9. The monoisotopic (exact) mass is 954 g/mol. The van der Waals surface area contributed by atoms with Crippen molar-refractivity contribution in [3.63, 3.8) is 0 Å².